The van der Waals surface area contributed by atoms with E-state index >= 15 is 0 Å². The standard InChI is InChI=1S/C38H34N2O4/c41-37(29-11-2-1-3-12-29)33-15-6-8-16-34(33)39-35(38(42)43)26-27-18-20-30(21-19-27)44-25-24-40-23-22-28-10-4-5-13-31(28)32-14-7-9-17-36(32)40/h1-4,6-12,14-23,35,39H,5,13,24-26H2,(H,42,43)/t35-/m0/s1. The van der Waals surface area contributed by atoms with Crippen molar-refractivity contribution >= 4 is 28.7 Å². The molecule has 0 fully saturated rings. The molecule has 6 heteroatoms. The second-order valence-corrected chi connectivity index (χ2v) is 10.9. The number of hydrogen-bond donors (Lipinski definition) is 2. The Balaban J connectivity index is 1.08. The first kappa shape index (κ1) is 28.7. The van der Waals surface area contributed by atoms with E-state index in [1.165, 1.54) is 22.4 Å². The molecule has 4 aromatic rings. The summed E-state index contributed by atoms with van der Waals surface area (Å²) >= 11 is 0. The highest BCUT2D eigenvalue weighted by atomic mass is 16.5. The minimum absolute atomic E-state index is 0.161. The lowest BCUT2D eigenvalue weighted by atomic mass is 9.91. The Bertz CT molecular complexity index is 1740. The molecule has 0 spiro atoms. The van der Waals surface area contributed by atoms with Gasteiger partial charge in [-0.05, 0) is 66.0 Å². The van der Waals surface area contributed by atoms with Crippen LogP contribution in [-0.4, -0.2) is 36.1 Å². The smallest absolute Gasteiger partial charge is 0.326 e. The zero-order valence-corrected chi connectivity index (χ0v) is 24.4. The van der Waals surface area contributed by atoms with Crippen LogP contribution in [0.2, 0.25) is 0 Å². The molecule has 1 atom stereocenters. The minimum Gasteiger partial charge on any atom is -0.492 e. The van der Waals surface area contributed by atoms with Gasteiger partial charge in [-0.1, -0.05) is 84.9 Å². The van der Waals surface area contributed by atoms with Crippen molar-refractivity contribution in [1.82, 2.24) is 0 Å². The van der Waals surface area contributed by atoms with Crippen molar-refractivity contribution in [1.29, 1.82) is 0 Å². The van der Waals surface area contributed by atoms with Crippen molar-refractivity contribution in [2.45, 2.75) is 25.3 Å². The highest BCUT2D eigenvalue weighted by Crippen LogP contribution is 2.37. The normalized spacial score (nSPS) is 14.3. The molecule has 0 saturated heterocycles. The largest absolute Gasteiger partial charge is 0.492 e. The van der Waals surface area contributed by atoms with Crippen LogP contribution in [0.25, 0.3) is 5.57 Å². The lowest BCUT2D eigenvalue weighted by Crippen LogP contribution is -2.32. The lowest BCUT2D eigenvalue weighted by molar-refractivity contribution is -0.137. The molecular weight excluding hydrogens is 548 g/mol. The van der Waals surface area contributed by atoms with E-state index < -0.39 is 12.0 Å². The molecule has 220 valence electrons. The molecule has 0 aromatic heterocycles. The minimum atomic E-state index is -0.996. The molecule has 2 aliphatic rings. The molecule has 6 nitrogen and oxygen atoms in total. The summed E-state index contributed by atoms with van der Waals surface area (Å²) in [5, 5.41) is 13.1. The maximum Gasteiger partial charge on any atom is 0.326 e. The van der Waals surface area contributed by atoms with Crippen LogP contribution in [0.3, 0.4) is 0 Å². The molecule has 6 rings (SSSR count). The molecule has 0 amide bonds. The first-order valence-electron chi connectivity index (χ1n) is 14.9. The SMILES string of the molecule is O=C(c1ccccc1)c1ccccc1N[C@@H](Cc1ccc(OCCN2C=CC3=C(CCC=C3)c3ccccc32)cc1)C(=O)O. The van der Waals surface area contributed by atoms with Gasteiger partial charge in [0.2, 0.25) is 0 Å². The Morgan fingerprint density at radius 2 is 1.61 bits per heavy atom. The van der Waals surface area contributed by atoms with Gasteiger partial charge in [0.15, 0.2) is 5.78 Å². The van der Waals surface area contributed by atoms with Gasteiger partial charge in [-0.3, -0.25) is 4.79 Å². The van der Waals surface area contributed by atoms with Gasteiger partial charge in [0.25, 0.3) is 0 Å². The number of anilines is 2. The van der Waals surface area contributed by atoms with Crippen molar-refractivity contribution in [3.05, 3.63) is 155 Å². The zero-order valence-electron chi connectivity index (χ0n) is 24.4. The summed E-state index contributed by atoms with van der Waals surface area (Å²) in [6.45, 7) is 1.18. The van der Waals surface area contributed by atoms with Gasteiger partial charge in [-0.2, -0.15) is 0 Å². The lowest BCUT2D eigenvalue weighted by Gasteiger charge is -2.23. The summed E-state index contributed by atoms with van der Waals surface area (Å²) in [6, 6.07) is 31.1. The summed E-state index contributed by atoms with van der Waals surface area (Å²) in [4.78, 5) is 27.6. The van der Waals surface area contributed by atoms with E-state index in [2.05, 4.69) is 58.9 Å². The van der Waals surface area contributed by atoms with E-state index in [1.807, 2.05) is 42.5 Å². The highest BCUT2D eigenvalue weighted by molar-refractivity contribution is 6.12. The Morgan fingerprint density at radius 3 is 2.43 bits per heavy atom. The third-order valence-electron chi connectivity index (χ3n) is 7.98. The predicted octanol–water partition coefficient (Wildman–Crippen LogP) is 7.54. The third-order valence-corrected chi connectivity index (χ3v) is 7.98. The van der Waals surface area contributed by atoms with Crippen LogP contribution in [-0.2, 0) is 11.2 Å². The van der Waals surface area contributed by atoms with Gasteiger partial charge in [0, 0.05) is 40.7 Å². The average molecular weight is 583 g/mol. The van der Waals surface area contributed by atoms with E-state index in [0.717, 1.165) is 24.2 Å². The number of nitrogens with zero attached hydrogens (tertiary/aromatic N) is 1. The molecule has 0 unspecified atom stereocenters. The maximum atomic E-state index is 13.1. The molecule has 2 N–H and O–H groups in total. The second-order valence-electron chi connectivity index (χ2n) is 10.9. The number of benzene rings is 4. The Hall–Kier alpha value is -5.36. The summed E-state index contributed by atoms with van der Waals surface area (Å²) in [6.07, 6.45) is 11.1. The number of rotatable bonds is 11. The van der Waals surface area contributed by atoms with Gasteiger partial charge in [-0.15, -0.1) is 0 Å². The number of hydrogen-bond acceptors (Lipinski definition) is 5. The van der Waals surface area contributed by atoms with E-state index in [0.29, 0.717) is 30.0 Å². The number of carboxylic acid groups (broad SMARTS) is 1. The van der Waals surface area contributed by atoms with E-state index in [-0.39, 0.29) is 12.2 Å². The fraction of sp³-hybridized carbons (Fsp3) is 0.158. The Morgan fingerprint density at radius 1 is 0.864 bits per heavy atom. The zero-order chi connectivity index (χ0) is 30.3. The van der Waals surface area contributed by atoms with E-state index in [4.69, 9.17) is 4.74 Å². The van der Waals surface area contributed by atoms with Crippen molar-refractivity contribution in [2.75, 3.05) is 23.4 Å². The number of para-hydroxylation sites is 2. The molecule has 4 aromatic carbocycles. The number of aliphatic carboxylic acids is 1. The monoisotopic (exact) mass is 582 g/mol. The van der Waals surface area contributed by atoms with Crippen LogP contribution in [0.1, 0.15) is 39.9 Å². The molecule has 44 heavy (non-hydrogen) atoms. The van der Waals surface area contributed by atoms with Crippen LogP contribution in [0.15, 0.2) is 133 Å². The molecule has 1 aliphatic carbocycles. The summed E-state index contributed by atoms with van der Waals surface area (Å²) in [5.41, 5.74) is 7.43. The number of carbonyl (C=O) groups is 2. The Labute approximate surface area is 257 Å². The first-order valence-corrected chi connectivity index (χ1v) is 14.9. The van der Waals surface area contributed by atoms with Gasteiger partial charge in [0.05, 0.1) is 6.54 Å². The number of ether oxygens (including phenoxy) is 1. The third kappa shape index (κ3) is 6.50. The number of nitrogens with one attached hydrogen (secondary N) is 1. The van der Waals surface area contributed by atoms with Crippen LogP contribution in [0.4, 0.5) is 11.4 Å². The van der Waals surface area contributed by atoms with Crippen LogP contribution >= 0.6 is 0 Å². The average Bonchev–Trinajstić information content (AvgIpc) is 3.22. The van der Waals surface area contributed by atoms with Crippen molar-refractivity contribution in [3.63, 3.8) is 0 Å². The van der Waals surface area contributed by atoms with Crippen LogP contribution < -0.4 is 15.0 Å². The molecule has 0 radical (unpaired) electrons. The van der Waals surface area contributed by atoms with Gasteiger partial charge < -0.3 is 20.1 Å². The van der Waals surface area contributed by atoms with Gasteiger partial charge in [0.1, 0.15) is 18.4 Å². The van der Waals surface area contributed by atoms with E-state index in [1.54, 1.807) is 36.4 Å². The summed E-state index contributed by atoms with van der Waals surface area (Å²) in [5.74, 6) is -0.434. The quantitative estimate of drug-likeness (QED) is 0.178. The topological polar surface area (TPSA) is 78.9 Å². The number of carboxylic acids is 1. The highest BCUT2D eigenvalue weighted by Gasteiger charge is 2.22. The van der Waals surface area contributed by atoms with Crippen LogP contribution in [0.5, 0.6) is 5.75 Å². The predicted molar refractivity (Wildman–Crippen MR) is 175 cm³/mol. The first-order chi connectivity index (χ1) is 21.6. The molecule has 1 heterocycles. The number of allylic oxidation sites excluding steroid dienone is 5. The van der Waals surface area contributed by atoms with Crippen molar-refractivity contribution in [3.8, 4) is 5.75 Å². The van der Waals surface area contributed by atoms with Gasteiger partial charge in [-0.25, -0.2) is 4.79 Å². The van der Waals surface area contributed by atoms with Crippen LogP contribution in [0, 0.1) is 0 Å². The fourth-order valence-corrected chi connectivity index (χ4v) is 5.71. The van der Waals surface area contributed by atoms with Crippen molar-refractivity contribution in [2.24, 2.45) is 0 Å². The Kier molecular flexibility index (Phi) is 8.69. The molecular formula is C38H34N2O4. The molecule has 0 saturated carbocycles. The number of fused-ring (bicyclic) bond motifs is 2. The summed E-state index contributed by atoms with van der Waals surface area (Å²) < 4.78 is 6.10. The summed E-state index contributed by atoms with van der Waals surface area (Å²) in [7, 11) is 0. The maximum absolute atomic E-state index is 13.1. The van der Waals surface area contributed by atoms with Crippen molar-refractivity contribution < 1.29 is 19.4 Å². The number of carbonyl (C=O) groups excluding carboxylic acids is 1. The molecule has 1 aliphatic heterocycles. The fourth-order valence-electron chi connectivity index (χ4n) is 5.71. The number of ketones is 1. The van der Waals surface area contributed by atoms with Gasteiger partial charge >= 0.3 is 5.97 Å². The second kappa shape index (κ2) is 13.3. The van der Waals surface area contributed by atoms with E-state index in [9.17, 15) is 14.7 Å². The molecule has 0 bridgehead atoms.